The number of hydrogen-bond donors (Lipinski definition) is 5. The first-order valence-corrected chi connectivity index (χ1v) is 3.89. The van der Waals surface area contributed by atoms with E-state index in [-0.39, 0.29) is 12.8 Å². The molecule has 1 rings (SSSR count). The molecule has 0 spiro atoms. The largest absolute Gasteiger partial charge is 0.479 e. The molecule has 0 radical (unpaired) electrons. The van der Waals surface area contributed by atoms with Gasteiger partial charge in [0.15, 0.2) is 5.60 Å². The fourth-order valence-electron chi connectivity index (χ4n) is 1.41. The third kappa shape index (κ3) is 1.53. The summed E-state index contributed by atoms with van der Waals surface area (Å²) in [4.78, 5) is 10.5. The Morgan fingerprint density at radius 1 is 1.31 bits per heavy atom. The number of aliphatic hydroxyl groups is 4. The van der Waals surface area contributed by atoms with Gasteiger partial charge in [-0.15, -0.1) is 0 Å². The van der Waals surface area contributed by atoms with Gasteiger partial charge in [-0.05, 0) is 12.8 Å². The molecule has 5 N–H and O–H groups in total. The number of aliphatic carboxylic acids is 1. The van der Waals surface area contributed by atoms with Gasteiger partial charge in [-0.2, -0.15) is 0 Å². The van der Waals surface area contributed by atoms with E-state index in [0.29, 0.717) is 0 Å². The number of rotatable bonds is 1. The Morgan fingerprint density at radius 3 is 2.31 bits per heavy atom. The van der Waals surface area contributed by atoms with Crippen LogP contribution < -0.4 is 0 Å². The van der Waals surface area contributed by atoms with Crippen LogP contribution in [0.4, 0.5) is 0 Å². The Balaban J connectivity index is 2.85. The molecular weight excluding hydrogens is 180 g/mol. The summed E-state index contributed by atoms with van der Waals surface area (Å²) < 4.78 is 0. The number of aliphatic hydroxyl groups excluding tert-OH is 3. The van der Waals surface area contributed by atoms with E-state index in [1.165, 1.54) is 0 Å². The summed E-state index contributed by atoms with van der Waals surface area (Å²) in [5.74, 6) is -1.59. The van der Waals surface area contributed by atoms with Crippen LogP contribution in [0.2, 0.25) is 0 Å². The summed E-state index contributed by atoms with van der Waals surface area (Å²) in [5, 5.41) is 45.3. The molecule has 13 heavy (non-hydrogen) atoms. The van der Waals surface area contributed by atoms with Crippen molar-refractivity contribution < 1.29 is 30.3 Å². The highest BCUT2D eigenvalue weighted by molar-refractivity contribution is 5.78. The van der Waals surface area contributed by atoms with E-state index >= 15 is 0 Å². The van der Waals surface area contributed by atoms with Crippen molar-refractivity contribution in [3.05, 3.63) is 0 Å². The molecule has 4 unspecified atom stereocenters. The second-order valence-corrected chi connectivity index (χ2v) is 3.27. The molecule has 0 aliphatic heterocycles. The minimum absolute atomic E-state index is 0.0545. The van der Waals surface area contributed by atoms with Crippen molar-refractivity contribution in [3.8, 4) is 0 Å². The van der Waals surface area contributed by atoms with Crippen LogP contribution in [0.15, 0.2) is 0 Å². The van der Waals surface area contributed by atoms with Crippen molar-refractivity contribution in [1.82, 2.24) is 0 Å². The highest BCUT2D eigenvalue weighted by atomic mass is 16.4. The van der Waals surface area contributed by atoms with Crippen molar-refractivity contribution in [3.63, 3.8) is 0 Å². The van der Waals surface area contributed by atoms with Gasteiger partial charge in [-0.1, -0.05) is 0 Å². The molecular formula is C7H12O6. The Kier molecular flexibility index (Phi) is 2.58. The molecule has 0 heterocycles. The van der Waals surface area contributed by atoms with E-state index in [2.05, 4.69) is 0 Å². The van der Waals surface area contributed by atoms with Crippen LogP contribution in [0.3, 0.4) is 0 Å². The number of carbonyl (C=O) groups is 1. The van der Waals surface area contributed by atoms with Gasteiger partial charge in [0, 0.05) is 0 Å². The minimum Gasteiger partial charge on any atom is -0.479 e. The van der Waals surface area contributed by atoms with Gasteiger partial charge < -0.3 is 25.5 Å². The van der Waals surface area contributed by atoms with Crippen LogP contribution in [0.1, 0.15) is 12.8 Å². The normalized spacial score (nSPS) is 46.0. The maximum absolute atomic E-state index is 10.5. The second-order valence-electron chi connectivity index (χ2n) is 3.27. The number of carboxylic acids is 1. The highest BCUT2D eigenvalue weighted by Crippen LogP contribution is 2.29. The van der Waals surface area contributed by atoms with Gasteiger partial charge in [-0.3, -0.25) is 0 Å². The minimum atomic E-state index is -2.35. The average molecular weight is 192 g/mol. The zero-order valence-corrected chi connectivity index (χ0v) is 6.79. The van der Waals surface area contributed by atoms with Gasteiger partial charge in [0.2, 0.25) is 0 Å². The first-order valence-electron chi connectivity index (χ1n) is 3.89. The molecule has 4 atom stereocenters. The van der Waals surface area contributed by atoms with Crippen LogP contribution in [-0.4, -0.2) is 55.4 Å². The van der Waals surface area contributed by atoms with Crippen LogP contribution >= 0.6 is 0 Å². The standard InChI is InChI=1S/C7H12O6/c8-3-1-2-7(13,6(11)12)5(10)4(3)9/h3-5,8-10,13H,1-2H2,(H,11,12). The molecule has 6 nitrogen and oxygen atoms in total. The molecule has 6 heteroatoms. The quantitative estimate of drug-likeness (QED) is 0.318. The van der Waals surface area contributed by atoms with Gasteiger partial charge in [-0.25, -0.2) is 4.79 Å². The van der Waals surface area contributed by atoms with Crippen LogP contribution in [0, 0.1) is 0 Å². The first kappa shape index (κ1) is 10.4. The lowest BCUT2D eigenvalue weighted by Crippen LogP contribution is -2.61. The van der Waals surface area contributed by atoms with E-state index in [1.807, 2.05) is 0 Å². The predicted octanol–water partition coefficient (Wildman–Crippen LogP) is -2.32. The predicted molar refractivity (Wildman–Crippen MR) is 39.8 cm³/mol. The zero-order valence-electron chi connectivity index (χ0n) is 6.79. The maximum atomic E-state index is 10.5. The SMILES string of the molecule is O=C(O)C1(O)CCC(O)C(O)C1O. The van der Waals surface area contributed by atoms with Gasteiger partial charge in [0.05, 0.1) is 6.10 Å². The number of carboxylic acid groups (broad SMARTS) is 1. The summed E-state index contributed by atoms with van der Waals surface area (Å²) >= 11 is 0. The van der Waals surface area contributed by atoms with Crippen molar-refractivity contribution in [2.75, 3.05) is 0 Å². The molecule has 76 valence electrons. The fourth-order valence-corrected chi connectivity index (χ4v) is 1.41. The molecule has 1 aliphatic carbocycles. The molecule has 0 aromatic rings. The van der Waals surface area contributed by atoms with Crippen LogP contribution in [-0.2, 0) is 4.79 Å². The molecule has 1 saturated carbocycles. The summed E-state index contributed by atoms with van der Waals surface area (Å²) in [6.07, 6.45) is -4.99. The first-order chi connectivity index (χ1) is 5.89. The smallest absolute Gasteiger partial charge is 0.338 e. The Labute approximate surface area is 74.1 Å². The van der Waals surface area contributed by atoms with E-state index in [1.54, 1.807) is 0 Å². The molecule has 0 saturated heterocycles. The lowest BCUT2D eigenvalue weighted by atomic mass is 9.79. The van der Waals surface area contributed by atoms with Gasteiger partial charge in [0.1, 0.15) is 12.2 Å². The van der Waals surface area contributed by atoms with Crippen molar-refractivity contribution in [1.29, 1.82) is 0 Å². The van der Waals surface area contributed by atoms with Crippen LogP contribution in [0.5, 0.6) is 0 Å². The van der Waals surface area contributed by atoms with E-state index in [0.717, 1.165) is 0 Å². The topological polar surface area (TPSA) is 118 Å². The van der Waals surface area contributed by atoms with E-state index in [4.69, 9.17) is 15.3 Å². The molecule has 0 bridgehead atoms. The summed E-state index contributed by atoms with van der Waals surface area (Å²) in [5.41, 5.74) is -2.35. The van der Waals surface area contributed by atoms with E-state index < -0.39 is 29.9 Å². The fraction of sp³-hybridized carbons (Fsp3) is 0.857. The third-order valence-electron chi connectivity index (χ3n) is 2.40. The molecule has 0 aromatic carbocycles. The Hall–Kier alpha value is -0.690. The van der Waals surface area contributed by atoms with Gasteiger partial charge >= 0.3 is 5.97 Å². The Bertz CT molecular complexity index is 217. The molecule has 1 fully saturated rings. The maximum Gasteiger partial charge on any atom is 0.338 e. The van der Waals surface area contributed by atoms with E-state index in [9.17, 15) is 15.0 Å². The summed E-state index contributed by atoms with van der Waals surface area (Å²) in [6, 6.07) is 0. The third-order valence-corrected chi connectivity index (χ3v) is 2.40. The molecule has 0 amide bonds. The average Bonchev–Trinajstić information content (AvgIpc) is 2.08. The molecule has 0 aromatic heterocycles. The lowest BCUT2D eigenvalue weighted by molar-refractivity contribution is -0.205. The monoisotopic (exact) mass is 192 g/mol. The van der Waals surface area contributed by atoms with Crippen molar-refractivity contribution >= 4 is 5.97 Å². The lowest BCUT2D eigenvalue weighted by Gasteiger charge is -2.38. The highest BCUT2D eigenvalue weighted by Gasteiger charge is 2.52. The van der Waals surface area contributed by atoms with Crippen LogP contribution in [0.25, 0.3) is 0 Å². The second kappa shape index (κ2) is 3.22. The molecule has 1 aliphatic rings. The zero-order chi connectivity index (χ0) is 10.2. The number of hydrogen-bond acceptors (Lipinski definition) is 5. The van der Waals surface area contributed by atoms with Gasteiger partial charge in [0.25, 0.3) is 0 Å². The van der Waals surface area contributed by atoms with Crippen molar-refractivity contribution in [2.24, 2.45) is 0 Å². The summed E-state index contributed by atoms with van der Waals surface area (Å²) in [6.45, 7) is 0. The van der Waals surface area contributed by atoms with Crippen molar-refractivity contribution in [2.45, 2.75) is 36.8 Å². The summed E-state index contributed by atoms with van der Waals surface area (Å²) in [7, 11) is 0. The Morgan fingerprint density at radius 2 is 1.85 bits per heavy atom.